The van der Waals surface area contributed by atoms with Crippen molar-refractivity contribution >= 4 is 5.91 Å². The highest BCUT2D eigenvalue weighted by molar-refractivity contribution is 5.84. The molecule has 0 unspecified atom stereocenters. The molecule has 1 aliphatic heterocycles. The van der Waals surface area contributed by atoms with Crippen LogP contribution in [0.2, 0.25) is 0 Å². The second-order valence-electron chi connectivity index (χ2n) is 6.48. The number of carbonyl (C=O) groups is 1. The molecular formula is C19H26N4O. The van der Waals surface area contributed by atoms with Crippen molar-refractivity contribution in [2.24, 2.45) is 0 Å². The molecule has 1 aliphatic rings. The van der Waals surface area contributed by atoms with Crippen LogP contribution in [0.25, 0.3) is 0 Å². The summed E-state index contributed by atoms with van der Waals surface area (Å²) in [7, 11) is 0. The summed E-state index contributed by atoms with van der Waals surface area (Å²) in [6.45, 7) is 7.18. The van der Waals surface area contributed by atoms with E-state index in [1.54, 1.807) is 6.20 Å². The SMILES string of the molecule is CCN(Cc1ccccc1C)C(=O)C1(n2cccn2)CCNCC1. The summed E-state index contributed by atoms with van der Waals surface area (Å²) >= 11 is 0. The molecule has 2 aromatic rings. The van der Waals surface area contributed by atoms with E-state index in [4.69, 9.17) is 0 Å². The number of rotatable bonds is 5. The summed E-state index contributed by atoms with van der Waals surface area (Å²) in [4.78, 5) is 15.5. The molecule has 1 amide bonds. The fraction of sp³-hybridized carbons (Fsp3) is 0.474. The molecule has 5 nitrogen and oxygen atoms in total. The largest absolute Gasteiger partial charge is 0.337 e. The molecule has 1 N–H and O–H groups in total. The number of amides is 1. The molecule has 128 valence electrons. The normalized spacial score (nSPS) is 16.8. The zero-order valence-corrected chi connectivity index (χ0v) is 14.5. The molecule has 1 fully saturated rings. The van der Waals surface area contributed by atoms with Gasteiger partial charge in [0.15, 0.2) is 0 Å². The minimum atomic E-state index is -0.562. The van der Waals surface area contributed by atoms with E-state index in [9.17, 15) is 4.79 Å². The highest BCUT2D eigenvalue weighted by Crippen LogP contribution is 2.30. The molecule has 0 spiro atoms. The number of piperidine rings is 1. The predicted octanol–water partition coefficient (Wildman–Crippen LogP) is 2.32. The van der Waals surface area contributed by atoms with Gasteiger partial charge in [-0.25, -0.2) is 0 Å². The van der Waals surface area contributed by atoms with Crippen molar-refractivity contribution in [3.8, 4) is 0 Å². The van der Waals surface area contributed by atoms with E-state index in [1.165, 1.54) is 11.1 Å². The van der Waals surface area contributed by atoms with E-state index < -0.39 is 5.54 Å². The van der Waals surface area contributed by atoms with Crippen molar-refractivity contribution in [1.29, 1.82) is 0 Å². The van der Waals surface area contributed by atoms with Gasteiger partial charge in [0.25, 0.3) is 5.91 Å². The van der Waals surface area contributed by atoms with Gasteiger partial charge in [0, 0.05) is 25.5 Å². The molecule has 0 radical (unpaired) electrons. The van der Waals surface area contributed by atoms with Crippen molar-refractivity contribution in [2.75, 3.05) is 19.6 Å². The van der Waals surface area contributed by atoms with E-state index in [-0.39, 0.29) is 5.91 Å². The minimum Gasteiger partial charge on any atom is -0.337 e. The van der Waals surface area contributed by atoms with Crippen LogP contribution < -0.4 is 5.32 Å². The number of hydrogen-bond donors (Lipinski definition) is 1. The second-order valence-corrected chi connectivity index (χ2v) is 6.48. The van der Waals surface area contributed by atoms with Crippen LogP contribution in [0.1, 0.15) is 30.9 Å². The molecule has 5 heteroatoms. The van der Waals surface area contributed by atoms with Gasteiger partial charge in [-0.2, -0.15) is 5.10 Å². The predicted molar refractivity (Wildman–Crippen MR) is 94.6 cm³/mol. The average molecular weight is 326 g/mol. The van der Waals surface area contributed by atoms with Crippen LogP contribution in [0.4, 0.5) is 0 Å². The fourth-order valence-electron chi connectivity index (χ4n) is 3.52. The first-order valence-electron chi connectivity index (χ1n) is 8.72. The molecule has 0 aliphatic carbocycles. The summed E-state index contributed by atoms with van der Waals surface area (Å²) < 4.78 is 1.87. The third-order valence-corrected chi connectivity index (χ3v) is 5.06. The van der Waals surface area contributed by atoms with E-state index in [1.807, 2.05) is 40.9 Å². The number of nitrogens with zero attached hydrogens (tertiary/aromatic N) is 3. The summed E-state index contributed by atoms with van der Waals surface area (Å²) in [5.74, 6) is 0.179. The lowest BCUT2D eigenvalue weighted by Crippen LogP contribution is -2.55. The Morgan fingerprint density at radius 2 is 2.04 bits per heavy atom. The van der Waals surface area contributed by atoms with Crippen molar-refractivity contribution < 1.29 is 4.79 Å². The Hall–Kier alpha value is -2.14. The zero-order valence-electron chi connectivity index (χ0n) is 14.5. The smallest absolute Gasteiger partial charge is 0.250 e. The van der Waals surface area contributed by atoms with Gasteiger partial charge in [-0.1, -0.05) is 24.3 Å². The van der Waals surface area contributed by atoms with Crippen LogP contribution in [-0.2, 0) is 16.9 Å². The van der Waals surface area contributed by atoms with Crippen molar-refractivity contribution in [2.45, 2.75) is 38.8 Å². The topological polar surface area (TPSA) is 50.2 Å². The molecule has 0 bridgehead atoms. The van der Waals surface area contributed by atoms with Crippen LogP contribution in [-0.4, -0.2) is 40.2 Å². The summed E-state index contributed by atoms with van der Waals surface area (Å²) in [6.07, 6.45) is 5.23. The molecule has 0 atom stereocenters. The molecule has 3 rings (SSSR count). The van der Waals surface area contributed by atoms with Gasteiger partial charge >= 0.3 is 0 Å². The van der Waals surface area contributed by atoms with Gasteiger partial charge in [-0.15, -0.1) is 0 Å². The van der Waals surface area contributed by atoms with Crippen molar-refractivity contribution in [3.05, 3.63) is 53.9 Å². The minimum absolute atomic E-state index is 0.179. The van der Waals surface area contributed by atoms with Crippen LogP contribution in [0.5, 0.6) is 0 Å². The third kappa shape index (κ3) is 3.08. The number of benzene rings is 1. The van der Waals surface area contributed by atoms with Crippen LogP contribution >= 0.6 is 0 Å². The highest BCUT2D eigenvalue weighted by Gasteiger charge is 2.44. The maximum atomic E-state index is 13.5. The molecule has 0 saturated carbocycles. The van der Waals surface area contributed by atoms with Crippen LogP contribution in [0.15, 0.2) is 42.7 Å². The van der Waals surface area contributed by atoms with Gasteiger partial charge in [0.1, 0.15) is 5.54 Å². The average Bonchev–Trinajstić information content (AvgIpc) is 3.16. The molecular weight excluding hydrogens is 300 g/mol. The number of carbonyl (C=O) groups excluding carboxylic acids is 1. The van der Waals surface area contributed by atoms with Gasteiger partial charge in [0.05, 0.1) is 0 Å². The number of likely N-dealkylation sites (N-methyl/N-ethyl adjacent to an activating group) is 1. The summed E-state index contributed by atoms with van der Waals surface area (Å²) in [5.41, 5.74) is 1.87. The Bertz CT molecular complexity index is 674. The number of nitrogens with one attached hydrogen (secondary N) is 1. The monoisotopic (exact) mass is 326 g/mol. The Morgan fingerprint density at radius 3 is 2.67 bits per heavy atom. The van der Waals surface area contributed by atoms with Gasteiger partial charge < -0.3 is 10.2 Å². The Labute approximate surface area is 143 Å². The quantitative estimate of drug-likeness (QED) is 0.917. The Morgan fingerprint density at radius 1 is 1.29 bits per heavy atom. The molecule has 1 aromatic heterocycles. The number of hydrogen-bond acceptors (Lipinski definition) is 3. The van der Waals surface area contributed by atoms with Gasteiger partial charge in [0.2, 0.25) is 0 Å². The first kappa shape index (κ1) is 16.7. The summed E-state index contributed by atoms with van der Waals surface area (Å²) in [6, 6.07) is 10.2. The zero-order chi connectivity index (χ0) is 17.0. The van der Waals surface area contributed by atoms with Crippen molar-refractivity contribution in [3.63, 3.8) is 0 Å². The molecule has 1 aromatic carbocycles. The number of aryl methyl sites for hydroxylation is 1. The maximum absolute atomic E-state index is 13.5. The first-order valence-corrected chi connectivity index (χ1v) is 8.72. The van der Waals surface area contributed by atoms with E-state index in [0.717, 1.165) is 25.9 Å². The lowest BCUT2D eigenvalue weighted by atomic mass is 9.86. The van der Waals surface area contributed by atoms with Gasteiger partial charge in [-0.3, -0.25) is 9.48 Å². The lowest BCUT2D eigenvalue weighted by Gasteiger charge is -2.40. The van der Waals surface area contributed by atoms with E-state index >= 15 is 0 Å². The molecule has 24 heavy (non-hydrogen) atoms. The van der Waals surface area contributed by atoms with E-state index in [0.29, 0.717) is 13.1 Å². The van der Waals surface area contributed by atoms with E-state index in [2.05, 4.69) is 29.5 Å². The molecule has 2 heterocycles. The second kappa shape index (κ2) is 7.18. The Balaban J connectivity index is 1.89. The number of aromatic nitrogens is 2. The maximum Gasteiger partial charge on any atom is 0.250 e. The van der Waals surface area contributed by atoms with Gasteiger partial charge in [-0.05, 0) is 57.0 Å². The summed E-state index contributed by atoms with van der Waals surface area (Å²) in [5, 5.41) is 7.78. The lowest BCUT2D eigenvalue weighted by molar-refractivity contribution is -0.143. The fourth-order valence-corrected chi connectivity index (χ4v) is 3.52. The Kier molecular flexibility index (Phi) is 5.00. The van der Waals surface area contributed by atoms with Crippen molar-refractivity contribution in [1.82, 2.24) is 20.0 Å². The first-order chi connectivity index (χ1) is 11.7. The highest BCUT2D eigenvalue weighted by atomic mass is 16.2. The van der Waals surface area contributed by atoms with Crippen LogP contribution in [0.3, 0.4) is 0 Å². The van der Waals surface area contributed by atoms with Crippen LogP contribution in [0, 0.1) is 6.92 Å². The standard InChI is InChI=1S/C19H26N4O/c1-3-22(15-17-8-5-4-7-16(17)2)18(24)19(9-12-20-13-10-19)23-14-6-11-21-23/h4-8,11,14,20H,3,9-10,12-13,15H2,1-2H3. The molecule has 1 saturated heterocycles. The third-order valence-electron chi connectivity index (χ3n) is 5.06.